The summed E-state index contributed by atoms with van der Waals surface area (Å²) in [7, 11) is 0. The minimum absolute atomic E-state index is 0.0850. The fraction of sp³-hybridized carbons (Fsp3) is 0.250. The van der Waals surface area contributed by atoms with E-state index in [2.05, 4.69) is 27.3 Å². The Morgan fingerprint density at radius 2 is 1.88 bits per heavy atom. The molecule has 0 unspecified atom stereocenters. The predicted molar refractivity (Wildman–Crippen MR) is 106 cm³/mol. The van der Waals surface area contributed by atoms with E-state index in [-0.39, 0.29) is 31.1 Å². The Balaban J connectivity index is 1.95. The van der Waals surface area contributed by atoms with E-state index in [0.29, 0.717) is 12.2 Å². The molecule has 0 aliphatic carbocycles. The van der Waals surface area contributed by atoms with E-state index in [1.807, 2.05) is 49.4 Å². The second-order valence-corrected chi connectivity index (χ2v) is 6.66. The zero-order chi connectivity index (χ0) is 18.9. The molecule has 0 aliphatic rings. The van der Waals surface area contributed by atoms with Crippen LogP contribution in [0.3, 0.4) is 0 Å². The van der Waals surface area contributed by atoms with Crippen LogP contribution < -0.4 is 10.2 Å². The number of carbonyl (C=O) groups excluding carboxylic acids is 2. The quantitative estimate of drug-likeness (QED) is 0.729. The van der Waals surface area contributed by atoms with Crippen molar-refractivity contribution in [3.05, 3.63) is 58.6 Å². The van der Waals surface area contributed by atoms with Gasteiger partial charge in [-0.15, -0.1) is 0 Å². The molecule has 5 nitrogen and oxygen atoms in total. The first-order chi connectivity index (χ1) is 12.5. The Kier molecular flexibility index (Phi) is 7.37. The molecule has 2 rings (SSSR count). The Bertz CT molecular complexity index is 816. The fourth-order valence-corrected chi connectivity index (χ4v) is 2.72. The number of hydrogen-bond donors (Lipinski definition) is 1. The van der Waals surface area contributed by atoms with Crippen molar-refractivity contribution < 1.29 is 9.59 Å². The molecule has 134 valence electrons. The number of anilines is 2. The van der Waals surface area contributed by atoms with Gasteiger partial charge in [-0.1, -0.05) is 34.1 Å². The molecule has 0 fully saturated rings. The molecule has 1 N–H and O–H groups in total. The van der Waals surface area contributed by atoms with Crippen LogP contribution in [0.15, 0.2) is 53.0 Å². The van der Waals surface area contributed by atoms with Crippen LogP contribution in [0.5, 0.6) is 0 Å². The second-order valence-electron chi connectivity index (χ2n) is 5.80. The maximum absolute atomic E-state index is 12.5. The summed E-state index contributed by atoms with van der Waals surface area (Å²) in [6, 6.07) is 16.8. The minimum atomic E-state index is -0.214. The maximum Gasteiger partial charge on any atom is 0.227 e. The van der Waals surface area contributed by atoms with Crippen LogP contribution in [-0.2, 0) is 9.59 Å². The van der Waals surface area contributed by atoms with Gasteiger partial charge >= 0.3 is 0 Å². The topological polar surface area (TPSA) is 73.2 Å². The lowest BCUT2D eigenvalue weighted by Crippen LogP contribution is -2.32. The lowest BCUT2D eigenvalue weighted by atomic mass is 10.2. The smallest absolute Gasteiger partial charge is 0.227 e. The van der Waals surface area contributed by atoms with Crippen molar-refractivity contribution in [1.82, 2.24) is 0 Å². The Morgan fingerprint density at radius 1 is 1.15 bits per heavy atom. The van der Waals surface area contributed by atoms with Crippen LogP contribution in [0.1, 0.15) is 24.8 Å². The van der Waals surface area contributed by atoms with Gasteiger partial charge in [-0.05, 0) is 42.8 Å². The number of nitrogens with one attached hydrogen (secondary N) is 1. The summed E-state index contributed by atoms with van der Waals surface area (Å²) in [6.07, 6.45) is 0.413. The highest BCUT2D eigenvalue weighted by Gasteiger charge is 2.16. The number of para-hydroxylation sites is 1. The van der Waals surface area contributed by atoms with Crippen molar-refractivity contribution in [2.24, 2.45) is 0 Å². The highest BCUT2D eigenvalue weighted by atomic mass is 79.9. The highest BCUT2D eigenvalue weighted by Crippen LogP contribution is 2.20. The first kappa shape index (κ1) is 19.7. The van der Waals surface area contributed by atoms with Gasteiger partial charge in [-0.25, -0.2) is 0 Å². The summed E-state index contributed by atoms with van der Waals surface area (Å²) in [5, 5.41) is 11.6. The van der Waals surface area contributed by atoms with Crippen LogP contribution in [0.2, 0.25) is 0 Å². The predicted octanol–water partition coefficient (Wildman–Crippen LogP) is 4.42. The van der Waals surface area contributed by atoms with Gasteiger partial charge in [0.25, 0.3) is 0 Å². The average molecular weight is 414 g/mol. The highest BCUT2D eigenvalue weighted by molar-refractivity contribution is 9.10. The largest absolute Gasteiger partial charge is 0.326 e. The molecule has 0 heterocycles. The summed E-state index contributed by atoms with van der Waals surface area (Å²) in [5.74, 6) is -0.387. The molecule has 2 aromatic carbocycles. The van der Waals surface area contributed by atoms with Crippen molar-refractivity contribution in [3.8, 4) is 6.07 Å². The third-order valence-corrected chi connectivity index (χ3v) is 4.71. The first-order valence-electron chi connectivity index (χ1n) is 8.29. The van der Waals surface area contributed by atoms with E-state index in [1.54, 1.807) is 11.0 Å². The number of rotatable bonds is 7. The molecule has 0 saturated heterocycles. The van der Waals surface area contributed by atoms with E-state index < -0.39 is 0 Å². The molecule has 0 atom stereocenters. The molecular weight excluding hydrogens is 394 g/mol. The van der Waals surface area contributed by atoms with Crippen molar-refractivity contribution in [2.75, 3.05) is 16.8 Å². The molecule has 0 aliphatic heterocycles. The summed E-state index contributed by atoms with van der Waals surface area (Å²) in [5.41, 5.74) is 2.45. The zero-order valence-corrected chi connectivity index (χ0v) is 16.1. The molecule has 26 heavy (non-hydrogen) atoms. The number of aryl methyl sites for hydroxylation is 1. The summed E-state index contributed by atoms with van der Waals surface area (Å²) >= 11 is 3.42. The van der Waals surface area contributed by atoms with Gasteiger partial charge in [-0.3, -0.25) is 9.59 Å². The van der Waals surface area contributed by atoms with Gasteiger partial charge in [0.1, 0.15) is 0 Å². The van der Waals surface area contributed by atoms with Crippen LogP contribution >= 0.6 is 15.9 Å². The van der Waals surface area contributed by atoms with Crippen molar-refractivity contribution >= 4 is 39.1 Å². The molecule has 2 aromatic rings. The van der Waals surface area contributed by atoms with Gasteiger partial charge < -0.3 is 10.2 Å². The monoisotopic (exact) mass is 413 g/mol. The van der Waals surface area contributed by atoms with Gasteiger partial charge in [0, 0.05) is 35.2 Å². The van der Waals surface area contributed by atoms with Crippen LogP contribution in [-0.4, -0.2) is 18.4 Å². The van der Waals surface area contributed by atoms with Gasteiger partial charge in [0.15, 0.2) is 0 Å². The second kappa shape index (κ2) is 9.73. The van der Waals surface area contributed by atoms with E-state index in [1.165, 1.54) is 0 Å². The SMILES string of the molecule is Cc1cc(NC(=O)CCC(=O)N(CCC#N)c2ccccc2)ccc1Br. The number of amides is 2. The average Bonchev–Trinajstić information content (AvgIpc) is 2.64. The van der Waals surface area contributed by atoms with Gasteiger partial charge in [-0.2, -0.15) is 5.26 Å². The van der Waals surface area contributed by atoms with E-state index in [0.717, 1.165) is 15.7 Å². The zero-order valence-electron chi connectivity index (χ0n) is 14.5. The van der Waals surface area contributed by atoms with E-state index in [9.17, 15) is 9.59 Å². The third kappa shape index (κ3) is 5.71. The fourth-order valence-electron chi connectivity index (χ4n) is 2.47. The number of nitrogens with zero attached hydrogens (tertiary/aromatic N) is 2. The molecule has 0 bridgehead atoms. The summed E-state index contributed by atoms with van der Waals surface area (Å²) in [4.78, 5) is 26.2. The normalized spacial score (nSPS) is 10.0. The van der Waals surface area contributed by atoms with Crippen molar-refractivity contribution in [3.63, 3.8) is 0 Å². The molecule has 0 radical (unpaired) electrons. The van der Waals surface area contributed by atoms with Crippen molar-refractivity contribution in [1.29, 1.82) is 5.26 Å². The maximum atomic E-state index is 12.5. The number of hydrogen-bond acceptors (Lipinski definition) is 3. The molecule has 0 aromatic heterocycles. The lowest BCUT2D eigenvalue weighted by Gasteiger charge is -2.21. The standard InChI is InChI=1S/C20H20BrN3O2/c1-15-14-16(8-9-18(15)21)23-19(25)10-11-20(26)24(13-5-12-22)17-6-3-2-4-7-17/h2-4,6-9,14H,5,10-11,13H2,1H3,(H,23,25). The van der Waals surface area contributed by atoms with Crippen molar-refractivity contribution in [2.45, 2.75) is 26.2 Å². The van der Waals surface area contributed by atoms with E-state index in [4.69, 9.17) is 5.26 Å². The Hall–Kier alpha value is -2.65. The van der Waals surface area contributed by atoms with Gasteiger partial charge in [0.05, 0.1) is 12.5 Å². The lowest BCUT2D eigenvalue weighted by molar-refractivity contribution is -0.122. The Morgan fingerprint density at radius 3 is 2.54 bits per heavy atom. The molecule has 6 heteroatoms. The minimum Gasteiger partial charge on any atom is -0.326 e. The van der Waals surface area contributed by atoms with Crippen LogP contribution in [0, 0.1) is 18.3 Å². The number of benzene rings is 2. The molecule has 0 saturated carbocycles. The molecular formula is C20H20BrN3O2. The van der Waals surface area contributed by atoms with Crippen LogP contribution in [0.4, 0.5) is 11.4 Å². The van der Waals surface area contributed by atoms with E-state index >= 15 is 0 Å². The molecule has 0 spiro atoms. The Labute approximate surface area is 161 Å². The third-order valence-electron chi connectivity index (χ3n) is 3.82. The number of carbonyl (C=O) groups is 2. The molecule has 2 amide bonds. The number of halogens is 1. The summed E-state index contributed by atoms with van der Waals surface area (Å²) in [6.45, 7) is 2.25. The number of nitriles is 1. The van der Waals surface area contributed by atoms with Gasteiger partial charge in [0.2, 0.25) is 11.8 Å². The van der Waals surface area contributed by atoms with Crippen LogP contribution in [0.25, 0.3) is 0 Å². The first-order valence-corrected chi connectivity index (χ1v) is 9.09. The summed E-state index contributed by atoms with van der Waals surface area (Å²) < 4.78 is 0.974.